The highest BCUT2D eigenvalue weighted by Gasteiger charge is 2.27. The second kappa shape index (κ2) is 9.93. The molecule has 0 radical (unpaired) electrons. The summed E-state index contributed by atoms with van der Waals surface area (Å²) in [6.07, 6.45) is 0.716. The third-order valence-corrected chi connectivity index (χ3v) is 6.43. The molecule has 0 bridgehead atoms. The van der Waals surface area contributed by atoms with Gasteiger partial charge in [0, 0.05) is 64.4 Å². The third-order valence-electron chi connectivity index (χ3n) is 6.43. The first kappa shape index (κ1) is 23.1. The number of hydrogen-bond acceptors (Lipinski definition) is 8. The maximum atomic E-state index is 13.4. The minimum atomic E-state index is -0.378. The van der Waals surface area contributed by atoms with Crippen LogP contribution in [0.2, 0.25) is 0 Å². The molecule has 3 heterocycles. The summed E-state index contributed by atoms with van der Waals surface area (Å²) in [6.45, 7) is 5.44. The number of hydrogen-bond donors (Lipinski definition) is 0. The standard InChI is InChI=1S/C25H27FN6O3/c1-29-11-13-31(14-12-29)25-27-23-9-10-30(16-18-3-2-4-20(15-18)32(33)34)17-22(23)24(28-25)35-21-7-5-19(26)6-8-21/h2-8,15H,9-14,16-17H2,1H3. The van der Waals surface area contributed by atoms with Gasteiger partial charge in [-0.25, -0.2) is 9.37 Å². The van der Waals surface area contributed by atoms with E-state index in [1.54, 1.807) is 24.3 Å². The van der Waals surface area contributed by atoms with Gasteiger partial charge in [-0.1, -0.05) is 12.1 Å². The highest BCUT2D eigenvalue weighted by atomic mass is 19.1. The Kier molecular flexibility index (Phi) is 6.56. The van der Waals surface area contributed by atoms with E-state index in [0.29, 0.717) is 37.1 Å². The zero-order chi connectivity index (χ0) is 24.4. The van der Waals surface area contributed by atoms with E-state index in [0.717, 1.165) is 49.5 Å². The molecule has 10 heteroatoms. The summed E-state index contributed by atoms with van der Waals surface area (Å²) in [5.41, 5.74) is 2.80. The Morgan fingerprint density at radius 1 is 1.06 bits per heavy atom. The van der Waals surface area contributed by atoms with E-state index >= 15 is 0 Å². The fourth-order valence-corrected chi connectivity index (χ4v) is 4.44. The number of ether oxygens (including phenoxy) is 1. The van der Waals surface area contributed by atoms with E-state index in [9.17, 15) is 14.5 Å². The Labute approximate surface area is 202 Å². The number of benzene rings is 2. The van der Waals surface area contributed by atoms with Crippen LogP contribution in [0.5, 0.6) is 11.6 Å². The maximum Gasteiger partial charge on any atom is 0.269 e. The van der Waals surface area contributed by atoms with Crippen molar-refractivity contribution in [2.45, 2.75) is 19.5 Å². The quantitative estimate of drug-likeness (QED) is 0.392. The molecule has 0 aliphatic carbocycles. The molecular weight excluding hydrogens is 451 g/mol. The number of fused-ring (bicyclic) bond motifs is 1. The molecule has 2 aliphatic heterocycles. The van der Waals surface area contributed by atoms with E-state index in [4.69, 9.17) is 14.7 Å². The average molecular weight is 479 g/mol. The van der Waals surface area contributed by atoms with Gasteiger partial charge in [-0.05, 0) is 36.9 Å². The number of likely N-dealkylation sites (N-methyl/N-ethyl adjacent to an activating group) is 1. The number of nitrogens with zero attached hydrogens (tertiary/aromatic N) is 6. The lowest BCUT2D eigenvalue weighted by Crippen LogP contribution is -2.45. The topological polar surface area (TPSA) is 87.9 Å². The van der Waals surface area contributed by atoms with Crippen LogP contribution < -0.4 is 9.64 Å². The molecule has 3 aromatic rings. The second-order valence-corrected chi connectivity index (χ2v) is 8.99. The molecule has 0 spiro atoms. The molecule has 0 amide bonds. The van der Waals surface area contributed by atoms with Gasteiger partial charge in [-0.3, -0.25) is 15.0 Å². The molecule has 2 aromatic carbocycles. The summed E-state index contributed by atoms with van der Waals surface area (Å²) < 4.78 is 19.6. The summed E-state index contributed by atoms with van der Waals surface area (Å²) >= 11 is 0. The first-order valence-corrected chi connectivity index (χ1v) is 11.7. The van der Waals surface area contributed by atoms with Crippen LogP contribution in [0.1, 0.15) is 16.8 Å². The van der Waals surface area contributed by atoms with Crippen LogP contribution >= 0.6 is 0 Å². The van der Waals surface area contributed by atoms with Crippen LogP contribution in [0.3, 0.4) is 0 Å². The van der Waals surface area contributed by atoms with Crippen molar-refractivity contribution in [3.05, 3.63) is 81.3 Å². The third kappa shape index (κ3) is 5.39. The lowest BCUT2D eigenvalue weighted by atomic mass is 10.1. The molecule has 0 N–H and O–H groups in total. The van der Waals surface area contributed by atoms with Crippen molar-refractivity contribution in [3.8, 4) is 11.6 Å². The molecule has 5 rings (SSSR count). The second-order valence-electron chi connectivity index (χ2n) is 8.99. The average Bonchev–Trinajstić information content (AvgIpc) is 2.86. The van der Waals surface area contributed by atoms with E-state index in [-0.39, 0.29) is 16.4 Å². The van der Waals surface area contributed by atoms with Crippen molar-refractivity contribution in [3.63, 3.8) is 0 Å². The molecular formula is C25H27FN6O3. The van der Waals surface area contributed by atoms with Crippen molar-refractivity contribution >= 4 is 11.6 Å². The first-order valence-electron chi connectivity index (χ1n) is 11.7. The number of piperazine rings is 1. The predicted molar refractivity (Wildman–Crippen MR) is 129 cm³/mol. The fourth-order valence-electron chi connectivity index (χ4n) is 4.44. The normalized spacial score (nSPS) is 16.7. The number of aromatic nitrogens is 2. The summed E-state index contributed by atoms with van der Waals surface area (Å²) in [5, 5.41) is 11.2. The molecule has 0 unspecified atom stereocenters. The largest absolute Gasteiger partial charge is 0.438 e. The Morgan fingerprint density at radius 3 is 2.57 bits per heavy atom. The predicted octanol–water partition coefficient (Wildman–Crippen LogP) is 3.63. The van der Waals surface area contributed by atoms with Crippen molar-refractivity contribution in [2.24, 2.45) is 0 Å². The molecule has 0 saturated carbocycles. The minimum Gasteiger partial charge on any atom is -0.438 e. The highest BCUT2D eigenvalue weighted by molar-refractivity contribution is 5.44. The van der Waals surface area contributed by atoms with Gasteiger partial charge in [0.15, 0.2) is 0 Å². The Bertz CT molecular complexity index is 1210. The fraction of sp³-hybridized carbons (Fsp3) is 0.360. The lowest BCUT2D eigenvalue weighted by molar-refractivity contribution is -0.384. The number of nitro groups is 1. The van der Waals surface area contributed by atoms with Gasteiger partial charge < -0.3 is 14.5 Å². The van der Waals surface area contributed by atoms with Gasteiger partial charge in [0.2, 0.25) is 11.8 Å². The molecule has 2 aliphatic rings. The zero-order valence-corrected chi connectivity index (χ0v) is 19.6. The van der Waals surface area contributed by atoms with Crippen LogP contribution in [-0.4, -0.2) is 64.5 Å². The Balaban J connectivity index is 1.43. The SMILES string of the molecule is CN1CCN(c2nc3c(c(Oc4ccc(F)cc4)n2)CN(Cc2cccc([N+](=O)[O-])c2)CC3)CC1. The molecule has 182 valence electrons. The Morgan fingerprint density at radius 2 is 1.83 bits per heavy atom. The van der Waals surface area contributed by atoms with Gasteiger partial charge in [0.1, 0.15) is 11.6 Å². The van der Waals surface area contributed by atoms with Crippen molar-refractivity contribution in [2.75, 3.05) is 44.7 Å². The smallest absolute Gasteiger partial charge is 0.269 e. The number of halogens is 1. The van der Waals surface area contributed by atoms with E-state index in [1.807, 2.05) is 6.07 Å². The molecule has 35 heavy (non-hydrogen) atoms. The number of non-ortho nitro benzene ring substituents is 1. The summed E-state index contributed by atoms with van der Waals surface area (Å²) in [7, 11) is 2.10. The van der Waals surface area contributed by atoms with Crippen LogP contribution in [0.15, 0.2) is 48.5 Å². The van der Waals surface area contributed by atoms with Gasteiger partial charge in [-0.15, -0.1) is 0 Å². The van der Waals surface area contributed by atoms with Gasteiger partial charge >= 0.3 is 0 Å². The van der Waals surface area contributed by atoms with Gasteiger partial charge in [0.25, 0.3) is 5.69 Å². The number of nitro benzene ring substituents is 1. The van der Waals surface area contributed by atoms with E-state index in [2.05, 4.69) is 21.7 Å². The van der Waals surface area contributed by atoms with E-state index in [1.165, 1.54) is 18.2 Å². The van der Waals surface area contributed by atoms with Crippen molar-refractivity contribution < 1.29 is 14.1 Å². The molecule has 1 aromatic heterocycles. The van der Waals surface area contributed by atoms with Crippen molar-refractivity contribution in [1.29, 1.82) is 0 Å². The minimum absolute atomic E-state index is 0.0837. The van der Waals surface area contributed by atoms with Crippen LogP contribution in [0.25, 0.3) is 0 Å². The molecule has 1 saturated heterocycles. The van der Waals surface area contributed by atoms with Crippen LogP contribution in [-0.2, 0) is 19.5 Å². The van der Waals surface area contributed by atoms with E-state index < -0.39 is 0 Å². The molecule has 1 fully saturated rings. The monoisotopic (exact) mass is 478 g/mol. The summed E-state index contributed by atoms with van der Waals surface area (Å²) in [4.78, 5) is 27.1. The van der Waals surface area contributed by atoms with Crippen molar-refractivity contribution in [1.82, 2.24) is 19.8 Å². The Hall–Kier alpha value is -3.63. The lowest BCUT2D eigenvalue weighted by Gasteiger charge is -2.34. The summed E-state index contributed by atoms with van der Waals surface area (Å²) in [5.74, 6) is 1.30. The first-order chi connectivity index (χ1) is 16.9. The van der Waals surface area contributed by atoms with Crippen LogP contribution in [0, 0.1) is 15.9 Å². The number of anilines is 1. The molecule has 9 nitrogen and oxygen atoms in total. The van der Waals surface area contributed by atoms with Crippen LogP contribution in [0.4, 0.5) is 16.0 Å². The van der Waals surface area contributed by atoms with Gasteiger partial charge in [0.05, 0.1) is 16.2 Å². The number of rotatable bonds is 6. The maximum absolute atomic E-state index is 13.4. The highest BCUT2D eigenvalue weighted by Crippen LogP contribution is 2.32. The van der Waals surface area contributed by atoms with Gasteiger partial charge in [-0.2, -0.15) is 4.98 Å². The zero-order valence-electron chi connectivity index (χ0n) is 19.6. The summed E-state index contributed by atoms with van der Waals surface area (Å²) in [6, 6.07) is 12.6. The molecule has 0 atom stereocenters.